The average Bonchev–Trinajstić information content (AvgIpc) is 2.65. The lowest BCUT2D eigenvalue weighted by Crippen LogP contribution is -2.30. The number of rotatable bonds is 8. The van der Waals surface area contributed by atoms with Crippen LogP contribution in [0.3, 0.4) is 0 Å². The molecule has 0 bridgehead atoms. The van der Waals surface area contributed by atoms with Gasteiger partial charge in [0.25, 0.3) is 5.91 Å². The molecule has 0 spiro atoms. The van der Waals surface area contributed by atoms with Gasteiger partial charge in [0.05, 0.1) is 25.7 Å². The van der Waals surface area contributed by atoms with Crippen LogP contribution in [0.2, 0.25) is 15.1 Å². The van der Waals surface area contributed by atoms with Gasteiger partial charge in [0.1, 0.15) is 5.75 Å². The van der Waals surface area contributed by atoms with Gasteiger partial charge in [-0.1, -0.05) is 54.7 Å². The van der Waals surface area contributed by atoms with Gasteiger partial charge in [0.15, 0.2) is 6.61 Å². The topological polar surface area (TPSA) is 75.7 Å². The van der Waals surface area contributed by atoms with Gasteiger partial charge in [0, 0.05) is 13.1 Å². The maximum Gasteiger partial charge on any atom is 0.262 e. The van der Waals surface area contributed by atoms with Crippen molar-refractivity contribution in [2.24, 2.45) is 0 Å². The highest BCUT2D eigenvalue weighted by Gasteiger charge is 2.22. The molecule has 2 rings (SSSR count). The van der Waals surface area contributed by atoms with Gasteiger partial charge in [0.2, 0.25) is 10.0 Å². The maximum absolute atomic E-state index is 12.5. The van der Waals surface area contributed by atoms with Gasteiger partial charge in [-0.3, -0.25) is 4.79 Å². The summed E-state index contributed by atoms with van der Waals surface area (Å²) in [5.41, 5.74) is 0.356. The Balaban J connectivity index is 2.07. The molecule has 0 aliphatic rings. The minimum atomic E-state index is -3.63. The van der Waals surface area contributed by atoms with Crippen LogP contribution in [0, 0.1) is 0 Å². The van der Waals surface area contributed by atoms with Gasteiger partial charge in [-0.05, 0) is 30.3 Å². The lowest BCUT2D eigenvalue weighted by molar-refractivity contribution is -0.118. The Kier molecular flexibility index (Phi) is 7.97. The standard InChI is InChI=1S/C18H19Cl3N2O4S/c1-3-23(4-2)28(25,26)12-8-9-16(14(20)10-12)27-11-17(24)22-15-7-5-6-13(19)18(15)21/h5-10H,3-4,11H2,1-2H3,(H,22,24). The third-order valence-electron chi connectivity index (χ3n) is 3.83. The second-order valence-corrected chi connectivity index (χ2v) is 8.75. The molecule has 0 unspecified atom stereocenters. The largest absolute Gasteiger partial charge is 0.482 e. The molecule has 2 aromatic rings. The molecular weight excluding hydrogens is 447 g/mol. The molecular formula is C18H19Cl3N2O4S. The number of carbonyl (C=O) groups excluding carboxylic acids is 1. The molecule has 28 heavy (non-hydrogen) atoms. The number of benzene rings is 2. The first-order valence-corrected chi connectivity index (χ1v) is 10.9. The molecule has 0 aliphatic heterocycles. The highest BCUT2D eigenvalue weighted by molar-refractivity contribution is 7.89. The Morgan fingerprint density at radius 2 is 1.75 bits per heavy atom. The Labute approximate surface area is 179 Å². The number of anilines is 1. The van der Waals surface area contributed by atoms with Gasteiger partial charge < -0.3 is 10.1 Å². The fraction of sp³-hybridized carbons (Fsp3) is 0.278. The number of nitrogens with zero attached hydrogens (tertiary/aromatic N) is 1. The molecule has 2 aromatic carbocycles. The first-order valence-electron chi connectivity index (χ1n) is 8.37. The van der Waals surface area contributed by atoms with E-state index < -0.39 is 15.9 Å². The first kappa shape index (κ1) is 22.8. The number of carbonyl (C=O) groups is 1. The minimum absolute atomic E-state index is 0.0590. The van der Waals surface area contributed by atoms with Crippen molar-refractivity contribution < 1.29 is 17.9 Å². The lowest BCUT2D eigenvalue weighted by atomic mass is 10.3. The summed E-state index contributed by atoms with van der Waals surface area (Å²) in [6, 6.07) is 8.96. The Morgan fingerprint density at radius 1 is 1.07 bits per heavy atom. The molecule has 152 valence electrons. The Morgan fingerprint density at radius 3 is 2.36 bits per heavy atom. The summed E-state index contributed by atoms with van der Waals surface area (Å²) in [7, 11) is -3.63. The summed E-state index contributed by atoms with van der Waals surface area (Å²) in [6.07, 6.45) is 0. The monoisotopic (exact) mass is 464 g/mol. The van der Waals surface area contributed by atoms with E-state index >= 15 is 0 Å². The van der Waals surface area contributed by atoms with Gasteiger partial charge >= 0.3 is 0 Å². The van der Waals surface area contributed by atoms with Crippen molar-refractivity contribution >= 4 is 56.4 Å². The Bertz CT molecular complexity index is 963. The normalized spacial score (nSPS) is 11.5. The molecule has 1 amide bonds. The van der Waals surface area contributed by atoms with Crippen LogP contribution < -0.4 is 10.1 Å². The molecule has 0 saturated carbocycles. The van der Waals surface area contributed by atoms with Crippen molar-refractivity contribution in [3.05, 3.63) is 51.5 Å². The second-order valence-electron chi connectivity index (χ2n) is 5.62. The van der Waals surface area contributed by atoms with Crippen LogP contribution in [0.1, 0.15) is 13.8 Å². The predicted octanol–water partition coefficient (Wildman–Crippen LogP) is 4.69. The number of amides is 1. The van der Waals surface area contributed by atoms with Crippen molar-refractivity contribution in [2.45, 2.75) is 18.7 Å². The number of sulfonamides is 1. The van der Waals surface area contributed by atoms with Crippen LogP contribution in [0.25, 0.3) is 0 Å². The van der Waals surface area contributed by atoms with Crippen LogP contribution >= 0.6 is 34.8 Å². The van der Waals surface area contributed by atoms with E-state index in [1.165, 1.54) is 22.5 Å². The molecule has 0 fully saturated rings. The summed E-state index contributed by atoms with van der Waals surface area (Å²) < 4.78 is 31.8. The minimum Gasteiger partial charge on any atom is -0.482 e. The van der Waals surface area contributed by atoms with Crippen molar-refractivity contribution in [1.29, 1.82) is 0 Å². The molecule has 0 aliphatic carbocycles. The van der Waals surface area contributed by atoms with E-state index in [1.807, 2.05) is 0 Å². The third kappa shape index (κ3) is 5.30. The number of hydrogen-bond donors (Lipinski definition) is 1. The highest BCUT2D eigenvalue weighted by atomic mass is 35.5. The summed E-state index contributed by atoms with van der Waals surface area (Å²) in [5, 5.41) is 3.20. The van der Waals surface area contributed by atoms with Crippen molar-refractivity contribution in [1.82, 2.24) is 4.31 Å². The number of halogens is 3. The summed E-state index contributed by atoms with van der Waals surface area (Å²) in [4.78, 5) is 12.1. The molecule has 0 heterocycles. The van der Waals surface area contributed by atoms with Crippen molar-refractivity contribution in [2.75, 3.05) is 25.0 Å². The van der Waals surface area contributed by atoms with Crippen LogP contribution in [-0.2, 0) is 14.8 Å². The number of nitrogens with one attached hydrogen (secondary N) is 1. The number of hydrogen-bond acceptors (Lipinski definition) is 4. The van der Waals surface area contributed by atoms with E-state index in [0.29, 0.717) is 23.8 Å². The van der Waals surface area contributed by atoms with Crippen LogP contribution in [0.5, 0.6) is 5.75 Å². The van der Waals surface area contributed by atoms with Crippen molar-refractivity contribution in [3.63, 3.8) is 0 Å². The Hall–Kier alpha value is -1.51. The quantitative estimate of drug-likeness (QED) is 0.613. The van der Waals surface area contributed by atoms with Gasteiger partial charge in [-0.2, -0.15) is 4.31 Å². The molecule has 0 aromatic heterocycles. The van der Waals surface area contributed by atoms with Crippen LogP contribution in [0.15, 0.2) is 41.3 Å². The van der Waals surface area contributed by atoms with Crippen LogP contribution in [-0.4, -0.2) is 38.3 Å². The summed E-state index contributed by atoms with van der Waals surface area (Å²) >= 11 is 18.1. The van der Waals surface area contributed by atoms with Gasteiger partial charge in [-0.25, -0.2) is 8.42 Å². The maximum atomic E-state index is 12.5. The van der Waals surface area contributed by atoms with E-state index in [9.17, 15) is 13.2 Å². The molecule has 0 radical (unpaired) electrons. The fourth-order valence-electron chi connectivity index (χ4n) is 2.40. The van der Waals surface area contributed by atoms with Crippen molar-refractivity contribution in [3.8, 4) is 5.75 Å². The molecule has 6 nitrogen and oxygen atoms in total. The van der Waals surface area contributed by atoms with E-state index in [-0.39, 0.29) is 27.3 Å². The molecule has 0 saturated heterocycles. The zero-order chi connectivity index (χ0) is 20.9. The lowest BCUT2D eigenvalue weighted by Gasteiger charge is -2.19. The molecule has 0 atom stereocenters. The third-order valence-corrected chi connectivity index (χ3v) is 6.99. The summed E-state index contributed by atoms with van der Waals surface area (Å²) in [5.74, 6) is -0.285. The first-order chi connectivity index (χ1) is 13.2. The van der Waals surface area contributed by atoms with Crippen LogP contribution in [0.4, 0.5) is 5.69 Å². The second kappa shape index (κ2) is 9.80. The fourth-order valence-corrected chi connectivity index (χ4v) is 4.53. The van der Waals surface area contributed by atoms with E-state index in [1.54, 1.807) is 32.0 Å². The predicted molar refractivity (Wildman–Crippen MR) is 112 cm³/mol. The van der Waals surface area contributed by atoms with E-state index in [0.717, 1.165) is 0 Å². The SMILES string of the molecule is CCN(CC)S(=O)(=O)c1ccc(OCC(=O)Nc2cccc(Cl)c2Cl)c(Cl)c1. The number of ether oxygens (including phenoxy) is 1. The molecule has 1 N–H and O–H groups in total. The highest BCUT2D eigenvalue weighted by Crippen LogP contribution is 2.30. The van der Waals surface area contributed by atoms with E-state index in [2.05, 4.69) is 5.32 Å². The summed E-state index contributed by atoms with van der Waals surface area (Å²) in [6.45, 7) is 3.86. The zero-order valence-corrected chi connectivity index (χ0v) is 18.3. The average molecular weight is 466 g/mol. The smallest absolute Gasteiger partial charge is 0.262 e. The van der Waals surface area contributed by atoms with Gasteiger partial charge in [-0.15, -0.1) is 0 Å². The molecule has 10 heteroatoms. The zero-order valence-electron chi connectivity index (χ0n) is 15.2. The van der Waals surface area contributed by atoms with E-state index in [4.69, 9.17) is 39.5 Å².